The Bertz CT molecular complexity index is 1650. The highest BCUT2D eigenvalue weighted by molar-refractivity contribution is 5.71. The maximum absolute atomic E-state index is 12.8. The molecule has 0 aromatic rings. The standard InChI is InChI=1S/C63H94O6/c1-4-7-10-13-16-19-22-25-28-30-31-33-35-38-41-44-47-50-53-56-62(65)68-59-60(58-67-61(64)55-52-49-46-43-40-37-34-27-24-21-18-15-12-9-6-3)69-63(66)57-54-51-48-45-42-39-36-32-29-26-23-20-17-14-11-8-5-2/h7,9-10,12,15-21,24-29,31,33-34,36-41,45,48,60H,4-6,8,11,13-14,22-23,30,32,35,42-44,46-47,49-59H2,1-3H3/b10-7-,12-9-,18-15-,19-16-,20-17-,24-21-,28-25-,29-26-,33-31-,34-27-,39-36-,40-37-,41-38-,48-45-. The number of rotatable bonds is 45. The van der Waals surface area contributed by atoms with Gasteiger partial charge in [0.1, 0.15) is 13.2 Å². The summed E-state index contributed by atoms with van der Waals surface area (Å²) in [6.07, 6.45) is 82.0. The molecule has 0 saturated carbocycles. The second-order valence-corrected chi connectivity index (χ2v) is 16.8. The largest absolute Gasteiger partial charge is 0.462 e. The second-order valence-electron chi connectivity index (χ2n) is 16.8. The Balaban J connectivity index is 4.65. The van der Waals surface area contributed by atoms with E-state index in [1.807, 2.05) is 48.6 Å². The molecule has 0 aromatic carbocycles. The van der Waals surface area contributed by atoms with Crippen molar-refractivity contribution in [1.29, 1.82) is 0 Å². The third-order valence-corrected chi connectivity index (χ3v) is 10.3. The molecular formula is C63H94O6. The van der Waals surface area contributed by atoms with Crippen molar-refractivity contribution in [2.45, 2.75) is 194 Å². The van der Waals surface area contributed by atoms with Crippen LogP contribution in [-0.2, 0) is 28.6 Å². The fourth-order valence-corrected chi connectivity index (χ4v) is 6.36. The molecule has 6 heteroatoms. The summed E-state index contributed by atoms with van der Waals surface area (Å²) in [4.78, 5) is 38.1. The lowest BCUT2D eigenvalue weighted by atomic mass is 10.1. The fourth-order valence-electron chi connectivity index (χ4n) is 6.36. The van der Waals surface area contributed by atoms with Gasteiger partial charge in [-0.1, -0.05) is 217 Å². The van der Waals surface area contributed by atoms with Crippen LogP contribution in [0.25, 0.3) is 0 Å². The van der Waals surface area contributed by atoms with Gasteiger partial charge in [-0.3, -0.25) is 14.4 Å². The summed E-state index contributed by atoms with van der Waals surface area (Å²) in [5, 5.41) is 0. The van der Waals surface area contributed by atoms with Gasteiger partial charge >= 0.3 is 17.9 Å². The van der Waals surface area contributed by atoms with E-state index in [9.17, 15) is 14.4 Å². The van der Waals surface area contributed by atoms with Gasteiger partial charge in [0.05, 0.1) is 0 Å². The highest BCUT2D eigenvalue weighted by Crippen LogP contribution is 2.10. The van der Waals surface area contributed by atoms with E-state index in [-0.39, 0.29) is 38.0 Å². The molecular weight excluding hydrogens is 853 g/mol. The molecule has 0 bridgehead atoms. The maximum Gasteiger partial charge on any atom is 0.306 e. The molecule has 382 valence electrons. The second kappa shape index (κ2) is 55.4. The summed E-state index contributed by atoms with van der Waals surface area (Å²) in [6, 6.07) is 0. The number of carbonyl (C=O) groups is 3. The minimum atomic E-state index is -0.848. The summed E-state index contributed by atoms with van der Waals surface area (Å²) < 4.78 is 16.7. The Morgan fingerprint density at radius 2 is 0.652 bits per heavy atom. The molecule has 0 saturated heterocycles. The van der Waals surface area contributed by atoms with E-state index in [4.69, 9.17) is 14.2 Å². The predicted octanol–water partition coefficient (Wildman–Crippen LogP) is 18.0. The molecule has 0 aliphatic carbocycles. The van der Waals surface area contributed by atoms with Gasteiger partial charge in [0.15, 0.2) is 6.10 Å². The third-order valence-electron chi connectivity index (χ3n) is 10.3. The van der Waals surface area contributed by atoms with Gasteiger partial charge < -0.3 is 14.2 Å². The number of hydrogen-bond donors (Lipinski definition) is 0. The number of esters is 3. The number of unbranched alkanes of at least 4 members (excludes halogenated alkanes) is 10. The lowest BCUT2D eigenvalue weighted by Crippen LogP contribution is -2.30. The van der Waals surface area contributed by atoms with E-state index in [2.05, 4.69) is 142 Å². The van der Waals surface area contributed by atoms with E-state index in [1.165, 1.54) is 25.7 Å². The maximum atomic E-state index is 12.8. The summed E-state index contributed by atoms with van der Waals surface area (Å²) >= 11 is 0. The van der Waals surface area contributed by atoms with Crippen LogP contribution >= 0.6 is 0 Å². The minimum absolute atomic E-state index is 0.140. The van der Waals surface area contributed by atoms with E-state index in [0.717, 1.165) is 109 Å². The van der Waals surface area contributed by atoms with Crippen LogP contribution in [0.5, 0.6) is 0 Å². The molecule has 0 spiro atoms. The highest BCUT2D eigenvalue weighted by atomic mass is 16.6. The average molecular weight is 947 g/mol. The molecule has 0 amide bonds. The summed E-state index contributed by atoms with van der Waals surface area (Å²) in [5.41, 5.74) is 0. The molecule has 69 heavy (non-hydrogen) atoms. The van der Waals surface area contributed by atoms with Crippen LogP contribution in [0.2, 0.25) is 0 Å². The van der Waals surface area contributed by atoms with Crippen LogP contribution in [0.4, 0.5) is 0 Å². The Labute approximate surface area is 422 Å². The lowest BCUT2D eigenvalue weighted by molar-refractivity contribution is -0.167. The summed E-state index contributed by atoms with van der Waals surface area (Å²) in [7, 11) is 0. The summed E-state index contributed by atoms with van der Waals surface area (Å²) in [5.74, 6) is -1.08. The van der Waals surface area contributed by atoms with Crippen molar-refractivity contribution >= 4 is 17.9 Å². The zero-order valence-electron chi connectivity index (χ0n) is 43.5. The molecule has 6 nitrogen and oxygen atoms in total. The molecule has 0 aromatic heterocycles. The molecule has 0 radical (unpaired) electrons. The van der Waals surface area contributed by atoms with Gasteiger partial charge in [0, 0.05) is 19.3 Å². The molecule has 0 rings (SSSR count). The first kappa shape index (κ1) is 63.8. The quantitative estimate of drug-likeness (QED) is 0.0199. The lowest BCUT2D eigenvalue weighted by Gasteiger charge is -2.18. The molecule has 0 heterocycles. The monoisotopic (exact) mass is 947 g/mol. The summed E-state index contributed by atoms with van der Waals surface area (Å²) in [6.45, 7) is 6.21. The van der Waals surface area contributed by atoms with Crippen molar-refractivity contribution in [2.24, 2.45) is 0 Å². The van der Waals surface area contributed by atoms with Crippen LogP contribution in [0.3, 0.4) is 0 Å². The Morgan fingerprint density at radius 3 is 1.07 bits per heavy atom. The Kier molecular flexibility index (Phi) is 51.2. The number of ether oxygens (including phenoxy) is 3. The Hall–Kier alpha value is -5.23. The van der Waals surface area contributed by atoms with Crippen molar-refractivity contribution < 1.29 is 28.6 Å². The van der Waals surface area contributed by atoms with Crippen molar-refractivity contribution in [3.63, 3.8) is 0 Å². The predicted molar refractivity (Wildman–Crippen MR) is 297 cm³/mol. The van der Waals surface area contributed by atoms with Crippen LogP contribution in [0, 0.1) is 0 Å². The van der Waals surface area contributed by atoms with Crippen LogP contribution < -0.4 is 0 Å². The fraction of sp³-hybridized carbons (Fsp3) is 0.508. The van der Waals surface area contributed by atoms with Gasteiger partial charge in [-0.2, -0.15) is 0 Å². The normalized spacial score (nSPS) is 13.5. The highest BCUT2D eigenvalue weighted by Gasteiger charge is 2.19. The van der Waals surface area contributed by atoms with Gasteiger partial charge in [-0.25, -0.2) is 0 Å². The number of hydrogen-bond acceptors (Lipinski definition) is 6. The SMILES string of the molecule is CC\C=C/C=C\C=C/C=C\C=C/CCCCCC(=O)OCC(COC(=O)CCCCC/C=C\C/C=C\C/C=C\C/C=C\C/C=C\CC)OC(=O)CCC/C=C\C/C=C\C/C=C\C/C=C\CCCCC. The number of allylic oxidation sites excluding steroid dienone is 28. The molecule has 0 N–H and O–H groups in total. The van der Waals surface area contributed by atoms with Crippen LogP contribution in [-0.4, -0.2) is 37.2 Å². The zero-order chi connectivity index (χ0) is 50.0. The van der Waals surface area contributed by atoms with Crippen molar-refractivity contribution in [2.75, 3.05) is 13.2 Å². The van der Waals surface area contributed by atoms with E-state index >= 15 is 0 Å². The van der Waals surface area contributed by atoms with Crippen molar-refractivity contribution in [3.8, 4) is 0 Å². The van der Waals surface area contributed by atoms with Gasteiger partial charge in [-0.05, 0) is 122 Å². The molecule has 0 aliphatic heterocycles. The first-order valence-corrected chi connectivity index (χ1v) is 26.7. The molecule has 0 aliphatic rings. The molecule has 0 fully saturated rings. The molecule has 1 unspecified atom stereocenters. The van der Waals surface area contributed by atoms with E-state index in [0.29, 0.717) is 19.3 Å². The minimum Gasteiger partial charge on any atom is -0.462 e. The van der Waals surface area contributed by atoms with Crippen molar-refractivity contribution in [1.82, 2.24) is 0 Å². The Morgan fingerprint density at radius 1 is 0.319 bits per heavy atom. The number of carbonyl (C=O) groups excluding carboxylic acids is 3. The van der Waals surface area contributed by atoms with Gasteiger partial charge in [0.2, 0.25) is 0 Å². The van der Waals surface area contributed by atoms with Crippen LogP contribution in [0.1, 0.15) is 188 Å². The van der Waals surface area contributed by atoms with Crippen molar-refractivity contribution in [3.05, 3.63) is 170 Å². The topological polar surface area (TPSA) is 78.9 Å². The third kappa shape index (κ3) is 53.6. The smallest absolute Gasteiger partial charge is 0.306 e. The molecule has 1 atom stereocenters. The van der Waals surface area contributed by atoms with E-state index < -0.39 is 12.1 Å². The van der Waals surface area contributed by atoms with Crippen LogP contribution in [0.15, 0.2) is 170 Å². The zero-order valence-corrected chi connectivity index (χ0v) is 43.5. The average Bonchev–Trinajstić information content (AvgIpc) is 3.35. The first-order valence-electron chi connectivity index (χ1n) is 26.7. The van der Waals surface area contributed by atoms with Gasteiger partial charge in [-0.15, -0.1) is 0 Å². The first-order chi connectivity index (χ1) is 34.0. The van der Waals surface area contributed by atoms with E-state index in [1.54, 1.807) is 0 Å². The van der Waals surface area contributed by atoms with Gasteiger partial charge in [0.25, 0.3) is 0 Å².